The number of aromatic nitrogens is 2. The van der Waals surface area contributed by atoms with E-state index in [-0.39, 0.29) is 11.9 Å². The molecule has 0 atom stereocenters. The van der Waals surface area contributed by atoms with Gasteiger partial charge in [-0.05, 0) is 20.8 Å². The molecule has 6 heteroatoms. The number of nitrogens with zero attached hydrogens (tertiary/aromatic N) is 3. The predicted molar refractivity (Wildman–Crippen MR) is 70.4 cm³/mol. The molecule has 0 bridgehead atoms. The quantitative estimate of drug-likeness (QED) is 0.843. The Morgan fingerprint density at radius 1 is 1.56 bits per heavy atom. The van der Waals surface area contributed by atoms with Crippen molar-refractivity contribution in [2.45, 2.75) is 26.8 Å². The minimum absolute atomic E-state index is 0.0854. The molecule has 0 unspecified atom stereocenters. The minimum Gasteiger partial charge on any atom is -0.395 e. The number of anilines is 1. The third-order valence-corrected chi connectivity index (χ3v) is 2.89. The third-order valence-electron chi connectivity index (χ3n) is 2.89. The molecule has 1 rings (SSSR count). The van der Waals surface area contributed by atoms with Gasteiger partial charge in [0, 0.05) is 26.7 Å². The van der Waals surface area contributed by atoms with Crippen molar-refractivity contribution in [2.75, 3.05) is 26.0 Å². The fourth-order valence-electron chi connectivity index (χ4n) is 1.85. The second-order valence-corrected chi connectivity index (χ2v) is 4.56. The van der Waals surface area contributed by atoms with E-state index in [2.05, 4.69) is 5.10 Å². The van der Waals surface area contributed by atoms with E-state index in [1.165, 1.54) is 4.68 Å². The van der Waals surface area contributed by atoms with Gasteiger partial charge in [0.2, 0.25) is 0 Å². The van der Waals surface area contributed by atoms with Crippen LogP contribution >= 0.6 is 0 Å². The van der Waals surface area contributed by atoms with Crippen LogP contribution in [0.3, 0.4) is 0 Å². The maximum absolute atomic E-state index is 12.5. The number of carbonyl (C=O) groups excluding carboxylic acids is 1. The van der Waals surface area contributed by atoms with Crippen LogP contribution in [0.5, 0.6) is 0 Å². The summed E-state index contributed by atoms with van der Waals surface area (Å²) in [6.45, 7) is 6.76. The Bertz CT molecular complexity index is 426. The third kappa shape index (κ3) is 2.81. The Labute approximate surface area is 108 Å². The largest absolute Gasteiger partial charge is 0.395 e. The maximum Gasteiger partial charge on any atom is 0.274 e. The lowest BCUT2D eigenvalue weighted by Crippen LogP contribution is -2.40. The molecule has 0 aliphatic rings. The minimum atomic E-state index is -0.109. The normalized spacial score (nSPS) is 11.0. The highest BCUT2D eigenvalue weighted by molar-refractivity contribution is 5.98. The zero-order chi connectivity index (χ0) is 13.9. The van der Waals surface area contributed by atoms with Gasteiger partial charge < -0.3 is 15.4 Å². The summed E-state index contributed by atoms with van der Waals surface area (Å²) in [6.07, 6.45) is 0. The molecule has 0 aromatic carbocycles. The molecule has 1 amide bonds. The smallest absolute Gasteiger partial charge is 0.274 e. The van der Waals surface area contributed by atoms with Gasteiger partial charge in [0.1, 0.15) is 5.69 Å². The molecule has 0 fully saturated rings. The fourth-order valence-corrected chi connectivity index (χ4v) is 1.85. The number of nitrogens with two attached hydrogens (primary N) is 1. The van der Waals surface area contributed by atoms with Crippen molar-refractivity contribution in [1.29, 1.82) is 0 Å². The number of methoxy groups -OCH3 is 1. The highest BCUT2D eigenvalue weighted by Crippen LogP contribution is 2.18. The van der Waals surface area contributed by atoms with Crippen LogP contribution in [-0.2, 0) is 11.8 Å². The number of ether oxygens (including phenoxy) is 1. The molecule has 0 saturated carbocycles. The Morgan fingerprint density at radius 3 is 2.56 bits per heavy atom. The Balaban J connectivity index is 3.02. The summed E-state index contributed by atoms with van der Waals surface area (Å²) in [5.41, 5.74) is 7.48. The molecule has 0 aliphatic carbocycles. The van der Waals surface area contributed by atoms with E-state index in [9.17, 15) is 4.79 Å². The van der Waals surface area contributed by atoms with Crippen LogP contribution in [0.2, 0.25) is 0 Å². The van der Waals surface area contributed by atoms with E-state index in [0.717, 1.165) is 0 Å². The Kier molecular flexibility index (Phi) is 4.72. The first-order valence-electron chi connectivity index (χ1n) is 5.99. The van der Waals surface area contributed by atoms with E-state index in [4.69, 9.17) is 10.5 Å². The van der Waals surface area contributed by atoms with Gasteiger partial charge in [-0.1, -0.05) is 0 Å². The lowest BCUT2D eigenvalue weighted by Gasteiger charge is -2.26. The maximum atomic E-state index is 12.5. The van der Waals surface area contributed by atoms with E-state index in [0.29, 0.717) is 30.2 Å². The molecule has 0 saturated heterocycles. The molecule has 0 radical (unpaired) electrons. The SMILES string of the molecule is COCCN(C(=O)c1c(N)c(C)nn1C)C(C)C. The monoisotopic (exact) mass is 254 g/mol. The lowest BCUT2D eigenvalue weighted by atomic mass is 10.2. The number of amides is 1. The molecule has 0 aliphatic heterocycles. The van der Waals surface area contributed by atoms with Crippen LogP contribution in [0.15, 0.2) is 0 Å². The molecule has 2 N–H and O–H groups in total. The highest BCUT2D eigenvalue weighted by Gasteiger charge is 2.25. The van der Waals surface area contributed by atoms with Crippen molar-refractivity contribution in [2.24, 2.45) is 7.05 Å². The Morgan fingerprint density at radius 2 is 2.17 bits per heavy atom. The van der Waals surface area contributed by atoms with Gasteiger partial charge in [0.05, 0.1) is 18.0 Å². The van der Waals surface area contributed by atoms with Gasteiger partial charge in [0.15, 0.2) is 0 Å². The summed E-state index contributed by atoms with van der Waals surface area (Å²) in [4.78, 5) is 14.2. The van der Waals surface area contributed by atoms with E-state index in [1.54, 1.807) is 26.0 Å². The van der Waals surface area contributed by atoms with Crippen molar-refractivity contribution < 1.29 is 9.53 Å². The van der Waals surface area contributed by atoms with Gasteiger partial charge in [-0.2, -0.15) is 5.10 Å². The van der Waals surface area contributed by atoms with Gasteiger partial charge in [-0.15, -0.1) is 0 Å². The second kappa shape index (κ2) is 5.86. The standard InChI is InChI=1S/C12H22N4O2/c1-8(2)16(6-7-18-5)12(17)11-10(13)9(3)14-15(11)4/h8H,6-7,13H2,1-5H3. The number of aryl methyl sites for hydroxylation is 2. The lowest BCUT2D eigenvalue weighted by molar-refractivity contribution is 0.0625. The zero-order valence-corrected chi connectivity index (χ0v) is 11.7. The van der Waals surface area contributed by atoms with Crippen molar-refractivity contribution >= 4 is 11.6 Å². The summed E-state index contributed by atoms with van der Waals surface area (Å²) in [5, 5.41) is 4.17. The van der Waals surface area contributed by atoms with Gasteiger partial charge >= 0.3 is 0 Å². The van der Waals surface area contributed by atoms with E-state index >= 15 is 0 Å². The summed E-state index contributed by atoms with van der Waals surface area (Å²) >= 11 is 0. The average molecular weight is 254 g/mol. The molecule has 1 aromatic rings. The Hall–Kier alpha value is -1.56. The molecule has 18 heavy (non-hydrogen) atoms. The first-order chi connectivity index (χ1) is 8.40. The van der Waals surface area contributed by atoms with Crippen LogP contribution in [0, 0.1) is 6.92 Å². The number of hydrogen-bond donors (Lipinski definition) is 1. The number of nitrogen functional groups attached to an aromatic ring is 1. The van der Waals surface area contributed by atoms with Gasteiger partial charge in [-0.25, -0.2) is 0 Å². The first kappa shape index (κ1) is 14.5. The number of rotatable bonds is 5. The molecule has 102 valence electrons. The first-order valence-corrected chi connectivity index (χ1v) is 5.99. The predicted octanol–water partition coefficient (Wildman–Crippen LogP) is 0.808. The van der Waals surface area contributed by atoms with E-state index in [1.807, 2.05) is 13.8 Å². The average Bonchev–Trinajstić information content (AvgIpc) is 2.53. The molecule has 1 aromatic heterocycles. The summed E-state index contributed by atoms with van der Waals surface area (Å²) < 4.78 is 6.56. The van der Waals surface area contributed by atoms with Crippen LogP contribution in [0.4, 0.5) is 5.69 Å². The molecule has 6 nitrogen and oxygen atoms in total. The molecule has 0 spiro atoms. The topological polar surface area (TPSA) is 73.4 Å². The van der Waals surface area contributed by atoms with Crippen molar-refractivity contribution in [3.05, 3.63) is 11.4 Å². The number of carbonyl (C=O) groups is 1. The summed E-state index contributed by atoms with van der Waals surface area (Å²) in [5.74, 6) is -0.109. The summed E-state index contributed by atoms with van der Waals surface area (Å²) in [6, 6.07) is 0.0854. The molecular weight excluding hydrogens is 232 g/mol. The second-order valence-electron chi connectivity index (χ2n) is 4.56. The van der Waals surface area contributed by atoms with Crippen LogP contribution in [0.1, 0.15) is 30.0 Å². The van der Waals surface area contributed by atoms with Crippen molar-refractivity contribution in [1.82, 2.24) is 14.7 Å². The van der Waals surface area contributed by atoms with Crippen LogP contribution in [0.25, 0.3) is 0 Å². The van der Waals surface area contributed by atoms with E-state index < -0.39 is 0 Å². The van der Waals surface area contributed by atoms with Gasteiger partial charge in [0.25, 0.3) is 5.91 Å². The molecule has 1 heterocycles. The van der Waals surface area contributed by atoms with Crippen LogP contribution < -0.4 is 5.73 Å². The van der Waals surface area contributed by atoms with Crippen molar-refractivity contribution in [3.63, 3.8) is 0 Å². The fraction of sp³-hybridized carbons (Fsp3) is 0.667. The highest BCUT2D eigenvalue weighted by atomic mass is 16.5. The van der Waals surface area contributed by atoms with Crippen molar-refractivity contribution in [3.8, 4) is 0 Å². The van der Waals surface area contributed by atoms with Gasteiger partial charge in [-0.3, -0.25) is 9.48 Å². The molecular formula is C12H22N4O2. The number of hydrogen-bond acceptors (Lipinski definition) is 4. The van der Waals surface area contributed by atoms with Crippen LogP contribution in [-0.4, -0.2) is 46.9 Å². The zero-order valence-electron chi connectivity index (χ0n) is 11.7. The summed E-state index contributed by atoms with van der Waals surface area (Å²) in [7, 11) is 3.34.